The van der Waals surface area contributed by atoms with E-state index in [0.717, 1.165) is 5.56 Å². The number of hydrogen-bond acceptors (Lipinski definition) is 2. The Morgan fingerprint density at radius 3 is 2.55 bits per heavy atom. The standard InChI is InChI=1S/C14H12Cl2N2O2/c1-9-2-4-11(5-3-9)17-13(19)8-18-7-10(15)6-12(16)14(18)20/h2-7H,8H2,1H3,(H,17,19). The molecule has 0 spiro atoms. The molecule has 1 aromatic heterocycles. The minimum atomic E-state index is -0.449. The van der Waals surface area contributed by atoms with Gasteiger partial charge in [0.15, 0.2) is 0 Å². The van der Waals surface area contributed by atoms with E-state index < -0.39 is 5.56 Å². The zero-order valence-electron chi connectivity index (χ0n) is 10.7. The monoisotopic (exact) mass is 310 g/mol. The van der Waals surface area contributed by atoms with E-state index in [9.17, 15) is 9.59 Å². The van der Waals surface area contributed by atoms with E-state index in [1.807, 2.05) is 19.1 Å². The number of carbonyl (C=O) groups is 1. The van der Waals surface area contributed by atoms with Gasteiger partial charge in [-0.25, -0.2) is 0 Å². The van der Waals surface area contributed by atoms with Crippen molar-refractivity contribution in [3.63, 3.8) is 0 Å². The summed E-state index contributed by atoms with van der Waals surface area (Å²) in [5, 5.41) is 2.99. The van der Waals surface area contributed by atoms with Gasteiger partial charge in [-0.05, 0) is 25.1 Å². The number of pyridine rings is 1. The van der Waals surface area contributed by atoms with Crippen molar-refractivity contribution in [1.29, 1.82) is 0 Å². The van der Waals surface area contributed by atoms with Crippen LogP contribution in [-0.2, 0) is 11.3 Å². The quantitative estimate of drug-likeness (QED) is 0.947. The predicted octanol–water partition coefficient (Wildman–Crippen LogP) is 3.10. The van der Waals surface area contributed by atoms with Gasteiger partial charge in [0.2, 0.25) is 5.91 Å². The highest BCUT2D eigenvalue weighted by Gasteiger charge is 2.08. The molecule has 4 nitrogen and oxygen atoms in total. The Labute approximate surface area is 125 Å². The summed E-state index contributed by atoms with van der Waals surface area (Å²) in [6, 6.07) is 8.71. The predicted molar refractivity (Wildman–Crippen MR) is 80.5 cm³/mol. The van der Waals surface area contributed by atoms with E-state index in [-0.39, 0.29) is 17.5 Å². The summed E-state index contributed by atoms with van der Waals surface area (Å²) in [5.74, 6) is -0.325. The van der Waals surface area contributed by atoms with E-state index in [1.165, 1.54) is 16.8 Å². The van der Waals surface area contributed by atoms with E-state index >= 15 is 0 Å². The summed E-state index contributed by atoms with van der Waals surface area (Å²) in [7, 11) is 0. The fraction of sp³-hybridized carbons (Fsp3) is 0.143. The molecule has 0 fully saturated rings. The minimum absolute atomic E-state index is 0.0133. The van der Waals surface area contributed by atoms with Crippen molar-refractivity contribution in [2.75, 3.05) is 5.32 Å². The molecule has 1 heterocycles. The number of aryl methyl sites for hydroxylation is 1. The maximum Gasteiger partial charge on any atom is 0.269 e. The second kappa shape index (κ2) is 6.11. The Bertz CT molecular complexity index is 693. The van der Waals surface area contributed by atoms with Gasteiger partial charge >= 0.3 is 0 Å². The largest absolute Gasteiger partial charge is 0.325 e. The van der Waals surface area contributed by atoms with Crippen molar-refractivity contribution in [3.05, 3.63) is 62.5 Å². The van der Waals surface area contributed by atoms with Gasteiger partial charge in [-0.15, -0.1) is 0 Å². The molecule has 2 aromatic rings. The van der Waals surface area contributed by atoms with Crippen LogP contribution in [0.1, 0.15) is 5.56 Å². The van der Waals surface area contributed by atoms with Crippen molar-refractivity contribution in [2.24, 2.45) is 0 Å². The molecule has 20 heavy (non-hydrogen) atoms. The fourth-order valence-electron chi connectivity index (χ4n) is 1.67. The molecule has 104 valence electrons. The normalized spacial score (nSPS) is 10.3. The molecule has 0 aliphatic heterocycles. The van der Waals surface area contributed by atoms with Crippen LogP contribution in [0, 0.1) is 6.92 Å². The zero-order chi connectivity index (χ0) is 14.7. The minimum Gasteiger partial charge on any atom is -0.325 e. The summed E-state index contributed by atoms with van der Waals surface area (Å²) < 4.78 is 1.17. The summed E-state index contributed by atoms with van der Waals surface area (Å²) in [6.45, 7) is 1.81. The molecule has 0 unspecified atom stereocenters. The van der Waals surface area contributed by atoms with Crippen LogP contribution in [0.5, 0.6) is 0 Å². The third-order valence-electron chi connectivity index (χ3n) is 2.66. The van der Waals surface area contributed by atoms with Gasteiger partial charge in [-0.1, -0.05) is 40.9 Å². The molecule has 1 aromatic carbocycles. The van der Waals surface area contributed by atoms with Crippen LogP contribution in [-0.4, -0.2) is 10.5 Å². The molecule has 0 aliphatic rings. The number of anilines is 1. The average molecular weight is 311 g/mol. The Morgan fingerprint density at radius 2 is 1.90 bits per heavy atom. The number of hydrogen-bond donors (Lipinski definition) is 1. The summed E-state index contributed by atoms with van der Waals surface area (Å²) in [5.41, 5.74) is 1.32. The number of carbonyl (C=O) groups excluding carboxylic acids is 1. The van der Waals surface area contributed by atoms with Crippen LogP contribution in [0.4, 0.5) is 5.69 Å². The fourth-order valence-corrected chi connectivity index (χ4v) is 2.18. The van der Waals surface area contributed by atoms with Gasteiger partial charge in [0, 0.05) is 11.9 Å². The van der Waals surface area contributed by atoms with Crippen LogP contribution in [0.2, 0.25) is 10.0 Å². The van der Waals surface area contributed by atoms with Crippen molar-refractivity contribution >= 4 is 34.8 Å². The molecule has 0 saturated carbocycles. The molecule has 1 amide bonds. The van der Waals surface area contributed by atoms with Gasteiger partial charge in [0.05, 0.1) is 5.02 Å². The van der Waals surface area contributed by atoms with Crippen LogP contribution in [0.15, 0.2) is 41.3 Å². The van der Waals surface area contributed by atoms with Crippen molar-refractivity contribution in [2.45, 2.75) is 13.5 Å². The zero-order valence-corrected chi connectivity index (χ0v) is 12.2. The Hall–Kier alpha value is -1.78. The first-order valence-electron chi connectivity index (χ1n) is 5.88. The highest BCUT2D eigenvalue weighted by atomic mass is 35.5. The summed E-state index contributed by atoms with van der Waals surface area (Å²) in [6.07, 6.45) is 1.38. The van der Waals surface area contributed by atoms with Crippen LogP contribution >= 0.6 is 23.2 Å². The van der Waals surface area contributed by atoms with E-state index in [4.69, 9.17) is 23.2 Å². The smallest absolute Gasteiger partial charge is 0.269 e. The second-order valence-corrected chi connectivity index (χ2v) is 5.20. The van der Waals surface area contributed by atoms with Crippen LogP contribution in [0.25, 0.3) is 0 Å². The second-order valence-electron chi connectivity index (χ2n) is 4.35. The van der Waals surface area contributed by atoms with Gasteiger partial charge in [0.1, 0.15) is 11.6 Å². The first-order valence-corrected chi connectivity index (χ1v) is 6.63. The first-order chi connectivity index (χ1) is 9.45. The SMILES string of the molecule is Cc1ccc(NC(=O)Cn2cc(Cl)cc(Cl)c2=O)cc1. The molecule has 6 heteroatoms. The lowest BCUT2D eigenvalue weighted by Gasteiger charge is -2.08. The number of nitrogens with one attached hydrogen (secondary N) is 1. The van der Waals surface area contributed by atoms with Gasteiger partial charge in [-0.2, -0.15) is 0 Å². The van der Waals surface area contributed by atoms with Crippen LogP contribution in [0.3, 0.4) is 0 Å². The lowest BCUT2D eigenvalue weighted by molar-refractivity contribution is -0.116. The molecule has 0 aliphatic carbocycles. The number of nitrogens with zero attached hydrogens (tertiary/aromatic N) is 1. The molecular weight excluding hydrogens is 299 g/mol. The molecule has 0 atom stereocenters. The number of rotatable bonds is 3. The molecule has 2 rings (SSSR count). The number of benzene rings is 1. The molecule has 0 saturated heterocycles. The maximum absolute atomic E-state index is 11.9. The summed E-state index contributed by atoms with van der Waals surface area (Å²) in [4.78, 5) is 23.6. The maximum atomic E-state index is 11.9. The molecule has 1 N–H and O–H groups in total. The van der Waals surface area contributed by atoms with E-state index in [1.54, 1.807) is 12.1 Å². The molecule has 0 bridgehead atoms. The topological polar surface area (TPSA) is 51.1 Å². The Kier molecular flexibility index (Phi) is 4.47. The molecular formula is C14H12Cl2N2O2. The number of amides is 1. The Morgan fingerprint density at radius 1 is 1.25 bits per heavy atom. The van der Waals surface area contributed by atoms with Crippen molar-refractivity contribution < 1.29 is 4.79 Å². The average Bonchev–Trinajstić information content (AvgIpc) is 2.38. The molecule has 0 radical (unpaired) electrons. The lowest BCUT2D eigenvalue weighted by Crippen LogP contribution is -2.27. The van der Waals surface area contributed by atoms with Crippen molar-refractivity contribution in [3.8, 4) is 0 Å². The van der Waals surface area contributed by atoms with Gasteiger partial charge in [-0.3, -0.25) is 9.59 Å². The third-order valence-corrected chi connectivity index (χ3v) is 3.14. The van der Waals surface area contributed by atoms with Crippen LogP contribution < -0.4 is 10.9 Å². The lowest BCUT2D eigenvalue weighted by atomic mass is 10.2. The highest BCUT2D eigenvalue weighted by molar-refractivity contribution is 6.34. The van der Waals surface area contributed by atoms with E-state index in [2.05, 4.69) is 5.32 Å². The van der Waals surface area contributed by atoms with E-state index in [0.29, 0.717) is 10.7 Å². The highest BCUT2D eigenvalue weighted by Crippen LogP contribution is 2.12. The third kappa shape index (κ3) is 3.62. The van der Waals surface area contributed by atoms with Gasteiger partial charge in [0.25, 0.3) is 5.56 Å². The van der Waals surface area contributed by atoms with Gasteiger partial charge < -0.3 is 9.88 Å². The number of aromatic nitrogens is 1. The first kappa shape index (κ1) is 14.6. The van der Waals surface area contributed by atoms with Crippen molar-refractivity contribution in [1.82, 2.24) is 4.57 Å². The Balaban J connectivity index is 2.12. The summed E-state index contributed by atoms with van der Waals surface area (Å²) >= 11 is 11.5. The number of halogens is 2.